The van der Waals surface area contributed by atoms with Crippen LogP contribution in [-0.4, -0.2) is 77.5 Å². The molecule has 10 heteroatoms. The van der Waals surface area contributed by atoms with Gasteiger partial charge in [-0.15, -0.1) is 0 Å². The van der Waals surface area contributed by atoms with Crippen molar-refractivity contribution in [1.82, 2.24) is 9.80 Å². The third-order valence-corrected chi connectivity index (χ3v) is 6.81. The van der Waals surface area contributed by atoms with Crippen LogP contribution < -0.4 is 4.74 Å². The van der Waals surface area contributed by atoms with Crippen molar-refractivity contribution < 1.29 is 29.1 Å². The van der Waals surface area contributed by atoms with Crippen LogP contribution in [0.25, 0.3) is 5.76 Å². The number of aliphatic hydroxyl groups is 1. The number of Topliss-reactive ketones (excluding diaryl/α,β-unsaturated/α-hetero) is 1. The Hall–Kier alpha value is -3.76. The molecule has 4 rings (SSSR count). The Balaban J connectivity index is 1.66. The number of hydrogen-bond donors (Lipinski definition) is 1. The molecule has 2 saturated heterocycles. The van der Waals surface area contributed by atoms with Gasteiger partial charge in [0.05, 0.1) is 36.4 Å². The molecule has 2 heterocycles. The van der Waals surface area contributed by atoms with Gasteiger partial charge in [-0.25, -0.2) is 0 Å². The molecule has 0 aliphatic carbocycles. The van der Waals surface area contributed by atoms with Gasteiger partial charge in [0.2, 0.25) is 0 Å². The Morgan fingerprint density at radius 2 is 1.84 bits per heavy atom. The van der Waals surface area contributed by atoms with Crippen molar-refractivity contribution in [1.29, 1.82) is 0 Å². The van der Waals surface area contributed by atoms with Crippen molar-refractivity contribution in [3.8, 4) is 5.75 Å². The van der Waals surface area contributed by atoms with Crippen molar-refractivity contribution >= 4 is 23.1 Å². The lowest BCUT2D eigenvalue weighted by Crippen LogP contribution is -2.38. The zero-order valence-corrected chi connectivity index (χ0v) is 21.5. The summed E-state index contributed by atoms with van der Waals surface area (Å²) in [5.41, 5.74) is 0.728. The number of hydrogen-bond acceptors (Lipinski definition) is 8. The van der Waals surface area contributed by atoms with Gasteiger partial charge in [0.25, 0.3) is 17.4 Å². The molecule has 2 aromatic rings. The molecule has 0 bridgehead atoms. The van der Waals surface area contributed by atoms with E-state index in [4.69, 9.17) is 9.47 Å². The van der Waals surface area contributed by atoms with Gasteiger partial charge in [0.15, 0.2) is 0 Å². The molecule has 2 aromatic carbocycles. The molecule has 38 heavy (non-hydrogen) atoms. The SMILES string of the molecule is CCCCOc1cccc(C(O)=C2C(=O)C(=O)N(CCCN3CCOCC3)C2c2ccc([N+](=O)[O-])cc2)c1. The van der Waals surface area contributed by atoms with E-state index in [1.54, 1.807) is 24.3 Å². The Labute approximate surface area is 221 Å². The highest BCUT2D eigenvalue weighted by atomic mass is 16.6. The van der Waals surface area contributed by atoms with Gasteiger partial charge in [-0.1, -0.05) is 25.5 Å². The fraction of sp³-hybridized carbons (Fsp3) is 0.429. The number of nitro benzene ring substituents is 1. The lowest BCUT2D eigenvalue weighted by Gasteiger charge is -2.29. The van der Waals surface area contributed by atoms with Crippen LogP contribution in [0.1, 0.15) is 43.4 Å². The van der Waals surface area contributed by atoms with Crippen LogP contribution in [0.2, 0.25) is 0 Å². The molecule has 0 aromatic heterocycles. The van der Waals surface area contributed by atoms with Gasteiger partial charge in [0.1, 0.15) is 11.5 Å². The highest BCUT2D eigenvalue weighted by molar-refractivity contribution is 6.46. The Morgan fingerprint density at radius 1 is 1.11 bits per heavy atom. The van der Waals surface area contributed by atoms with E-state index in [1.165, 1.54) is 29.2 Å². The predicted molar refractivity (Wildman–Crippen MR) is 141 cm³/mol. The summed E-state index contributed by atoms with van der Waals surface area (Å²) in [5, 5.41) is 22.5. The van der Waals surface area contributed by atoms with E-state index in [1.807, 2.05) is 0 Å². The Bertz CT molecular complexity index is 1190. The zero-order chi connectivity index (χ0) is 27.1. The van der Waals surface area contributed by atoms with Crippen LogP contribution in [0.5, 0.6) is 5.75 Å². The number of nitro groups is 1. The Kier molecular flexibility index (Phi) is 9.09. The van der Waals surface area contributed by atoms with Crippen molar-refractivity contribution in [3.05, 3.63) is 75.3 Å². The second kappa shape index (κ2) is 12.7. The van der Waals surface area contributed by atoms with Gasteiger partial charge in [-0.2, -0.15) is 0 Å². The molecular formula is C28H33N3O7. The number of carbonyl (C=O) groups is 2. The molecule has 1 amide bonds. The lowest BCUT2D eigenvalue weighted by atomic mass is 9.95. The number of likely N-dealkylation sites (tertiary alicyclic amines) is 1. The molecule has 0 radical (unpaired) electrons. The van der Waals surface area contributed by atoms with Crippen LogP contribution in [0.4, 0.5) is 5.69 Å². The first-order valence-corrected chi connectivity index (χ1v) is 13.0. The first-order valence-electron chi connectivity index (χ1n) is 13.0. The van der Waals surface area contributed by atoms with Crippen molar-refractivity contribution in [2.75, 3.05) is 46.0 Å². The van der Waals surface area contributed by atoms with Gasteiger partial charge >= 0.3 is 0 Å². The second-order valence-electron chi connectivity index (χ2n) is 9.38. The predicted octanol–water partition coefficient (Wildman–Crippen LogP) is 3.92. The average molecular weight is 524 g/mol. The molecular weight excluding hydrogens is 490 g/mol. The van der Waals surface area contributed by atoms with E-state index in [0.717, 1.165) is 32.5 Å². The highest BCUT2D eigenvalue weighted by Crippen LogP contribution is 2.40. The molecule has 1 N–H and O–H groups in total. The molecule has 2 aliphatic rings. The summed E-state index contributed by atoms with van der Waals surface area (Å²) < 4.78 is 11.1. The van der Waals surface area contributed by atoms with Crippen LogP contribution in [0.15, 0.2) is 54.1 Å². The quantitative estimate of drug-likeness (QED) is 0.117. The number of morpholine rings is 1. The molecule has 1 unspecified atom stereocenters. The number of ketones is 1. The molecule has 10 nitrogen and oxygen atoms in total. The maximum Gasteiger partial charge on any atom is 0.295 e. The largest absolute Gasteiger partial charge is 0.507 e. The zero-order valence-electron chi connectivity index (χ0n) is 21.5. The number of rotatable bonds is 11. The van der Waals surface area contributed by atoms with Gasteiger partial charge in [-0.3, -0.25) is 24.6 Å². The van der Waals surface area contributed by atoms with Gasteiger partial charge < -0.3 is 19.5 Å². The van der Waals surface area contributed by atoms with Crippen LogP contribution in [-0.2, 0) is 14.3 Å². The molecule has 0 spiro atoms. The number of aliphatic hydroxyl groups excluding tert-OH is 1. The first-order chi connectivity index (χ1) is 18.4. The summed E-state index contributed by atoms with van der Waals surface area (Å²) >= 11 is 0. The number of benzene rings is 2. The smallest absolute Gasteiger partial charge is 0.295 e. The standard InChI is InChI=1S/C28H33N3O7/c1-2-3-16-38-23-7-4-6-21(19-23)26(32)24-25(20-8-10-22(11-9-20)31(35)36)30(28(34)27(24)33)13-5-12-29-14-17-37-18-15-29/h4,6-11,19,25,32H,2-3,5,12-18H2,1H3. The number of amides is 1. The minimum absolute atomic E-state index is 0.0408. The summed E-state index contributed by atoms with van der Waals surface area (Å²) in [6.07, 6.45) is 2.48. The fourth-order valence-corrected chi connectivity index (χ4v) is 4.75. The number of nitrogens with zero attached hydrogens (tertiary/aromatic N) is 3. The minimum Gasteiger partial charge on any atom is -0.507 e. The molecule has 0 saturated carbocycles. The average Bonchev–Trinajstić information content (AvgIpc) is 3.18. The number of unbranched alkanes of at least 4 members (excludes halogenated alkanes) is 1. The summed E-state index contributed by atoms with van der Waals surface area (Å²) in [6.45, 7) is 6.55. The second-order valence-corrected chi connectivity index (χ2v) is 9.38. The van der Waals surface area contributed by atoms with E-state index in [-0.39, 0.29) is 17.0 Å². The lowest BCUT2D eigenvalue weighted by molar-refractivity contribution is -0.384. The number of ether oxygens (including phenoxy) is 2. The van der Waals surface area contributed by atoms with Gasteiger partial charge in [-0.05, 0) is 42.7 Å². The van der Waals surface area contributed by atoms with Crippen molar-refractivity contribution in [3.63, 3.8) is 0 Å². The minimum atomic E-state index is -0.870. The first kappa shape index (κ1) is 27.3. The topological polar surface area (TPSA) is 122 Å². The monoisotopic (exact) mass is 523 g/mol. The van der Waals surface area contributed by atoms with E-state index in [2.05, 4.69) is 11.8 Å². The van der Waals surface area contributed by atoms with Crippen LogP contribution in [0, 0.1) is 10.1 Å². The molecule has 2 fully saturated rings. The van der Waals surface area contributed by atoms with E-state index < -0.39 is 22.7 Å². The fourth-order valence-electron chi connectivity index (χ4n) is 4.75. The molecule has 2 aliphatic heterocycles. The van der Waals surface area contributed by atoms with E-state index in [0.29, 0.717) is 49.7 Å². The van der Waals surface area contributed by atoms with E-state index in [9.17, 15) is 24.8 Å². The normalized spacial score (nSPS) is 19.6. The Morgan fingerprint density at radius 3 is 2.53 bits per heavy atom. The third-order valence-electron chi connectivity index (χ3n) is 6.81. The summed E-state index contributed by atoms with van der Waals surface area (Å²) in [6, 6.07) is 11.6. The number of carbonyl (C=O) groups excluding carboxylic acids is 2. The number of non-ortho nitro benzene ring substituents is 1. The van der Waals surface area contributed by atoms with Crippen molar-refractivity contribution in [2.45, 2.75) is 32.2 Å². The molecule has 1 atom stereocenters. The summed E-state index contributed by atoms with van der Waals surface area (Å²) in [4.78, 5) is 40.9. The third kappa shape index (κ3) is 6.20. The summed E-state index contributed by atoms with van der Waals surface area (Å²) in [5.74, 6) is -1.24. The maximum atomic E-state index is 13.3. The maximum absolute atomic E-state index is 13.3. The van der Waals surface area contributed by atoms with Gasteiger partial charge in [0, 0.05) is 43.9 Å². The van der Waals surface area contributed by atoms with Crippen molar-refractivity contribution in [2.24, 2.45) is 0 Å². The van der Waals surface area contributed by atoms with Crippen LogP contribution in [0.3, 0.4) is 0 Å². The summed E-state index contributed by atoms with van der Waals surface area (Å²) in [7, 11) is 0. The molecule has 202 valence electrons. The van der Waals surface area contributed by atoms with E-state index >= 15 is 0 Å². The highest BCUT2D eigenvalue weighted by Gasteiger charge is 2.46. The van der Waals surface area contributed by atoms with Crippen LogP contribution >= 0.6 is 0 Å².